The molecule has 1 aliphatic heterocycles. The van der Waals surface area contributed by atoms with E-state index in [0.717, 1.165) is 19.3 Å². The van der Waals surface area contributed by atoms with Crippen molar-refractivity contribution >= 4 is 12.0 Å². The molecule has 0 bridgehead atoms. The number of amides is 2. The second-order valence-corrected chi connectivity index (χ2v) is 7.41. The minimum Gasteiger partial charge on any atom is -0.481 e. The number of nitrogens with zero attached hydrogens (tertiary/aromatic N) is 1. The molecule has 6 nitrogen and oxygen atoms in total. The molecule has 2 amide bonds. The molecule has 6 heteroatoms. The largest absolute Gasteiger partial charge is 0.481 e. The highest BCUT2D eigenvalue weighted by Crippen LogP contribution is 2.49. The van der Waals surface area contributed by atoms with E-state index >= 15 is 0 Å². The summed E-state index contributed by atoms with van der Waals surface area (Å²) in [5.74, 6) is 0.620. The molecular weight excluding hydrogens is 284 g/mol. The SMILES string of the molecule is O=C(O)C1CC2CC(NC(=O)N3CCOC(C4CC4)C3)C2C1. The Morgan fingerprint density at radius 2 is 1.95 bits per heavy atom. The standard InChI is InChI=1S/C16H24N2O4/c19-15(20)11-5-10-7-13(12(10)6-11)17-16(21)18-3-4-22-14(8-18)9-1-2-9/h9-14H,1-8H2,(H,17,21)(H,19,20). The summed E-state index contributed by atoms with van der Waals surface area (Å²) in [6.45, 7) is 2.00. The second kappa shape index (κ2) is 5.41. The maximum absolute atomic E-state index is 12.4. The quantitative estimate of drug-likeness (QED) is 0.824. The van der Waals surface area contributed by atoms with Gasteiger partial charge in [0.05, 0.1) is 18.6 Å². The third-order valence-electron chi connectivity index (χ3n) is 6.01. The van der Waals surface area contributed by atoms with Gasteiger partial charge in [0, 0.05) is 19.1 Å². The van der Waals surface area contributed by atoms with Gasteiger partial charge in [-0.05, 0) is 49.9 Å². The van der Waals surface area contributed by atoms with E-state index in [0.29, 0.717) is 37.5 Å². The first-order valence-corrected chi connectivity index (χ1v) is 8.51. The van der Waals surface area contributed by atoms with Crippen LogP contribution in [0.4, 0.5) is 4.79 Å². The van der Waals surface area contributed by atoms with Crippen LogP contribution in [0.3, 0.4) is 0 Å². The van der Waals surface area contributed by atoms with Gasteiger partial charge in [0.2, 0.25) is 0 Å². The molecule has 4 fully saturated rings. The number of carbonyl (C=O) groups is 2. The minimum atomic E-state index is -0.681. The molecule has 1 heterocycles. The predicted molar refractivity (Wildman–Crippen MR) is 78.3 cm³/mol. The average molecular weight is 308 g/mol. The lowest BCUT2D eigenvalue weighted by molar-refractivity contribution is -0.141. The van der Waals surface area contributed by atoms with E-state index in [2.05, 4.69) is 5.32 Å². The molecule has 22 heavy (non-hydrogen) atoms. The third-order valence-corrected chi connectivity index (χ3v) is 6.01. The molecule has 122 valence electrons. The number of hydrogen-bond donors (Lipinski definition) is 2. The van der Waals surface area contributed by atoms with Gasteiger partial charge in [-0.15, -0.1) is 0 Å². The molecule has 2 N–H and O–H groups in total. The molecule has 4 aliphatic rings. The first kappa shape index (κ1) is 14.3. The van der Waals surface area contributed by atoms with Gasteiger partial charge >= 0.3 is 12.0 Å². The number of carboxylic acids is 1. The lowest BCUT2D eigenvalue weighted by Crippen LogP contribution is -2.57. The fourth-order valence-electron chi connectivity index (χ4n) is 4.46. The van der Waals surface area contributed by atoms with Crippen molar-refractivity contribution in [3.63, 3.8) is 0 Å². The number of carbonyl (C=O) groups excluding carboxylic acids is 1. The lowest BCUT2D eigenvalue weighted by atomic mass is 9.71. The van der Waals surface area contributed by atoms with Crippen LogP contribution in [0, 0.1) is 23.7 Å². The van der Waals surface area contributed by atoms with Crippen molar-refractivity contribution in [2.75, 3.05) is 19.7 Å². The highest BCUT2D eigenvalue weighted by atomic mass is 16.5. The Hall–Kier alpha value is -1.30. The Bertz CT molecular complexity index is 479. The topological polar surface area (TPSA) is 78.9 Å². The van der Waals surface area contributed by atoms with Crippen molar-refractivity contribution in [2.45, 2.75) is 44.2 Å². The van der Waals surface area contributed by atoms with Crippen molar-refractivity contribution in [1.29, 1.82) is 0 Å². The van der Waals surface area contributed by atoms with Crippen LogP contribution in [0.15, 0.2) is 0 Å². The van der Waals surface area contributed by atoms with Crippen LogP contribution < -0.4 is 5.32 Å². The molecule has 3 saturated carbocycles. The number of rotatable bonds is 3. The van der Waals surface area contributed by atoms with Gasteiger partial charge in [-0.25, -0.2) is 4.79 Å². The monoisotopic (exact) mass is 308 g/mol. The van der Waals surface area contributed by atoms with E-state index in [1.807, 2.05) is 4.90 Å². The molecule has 3 aliphatic carbocycles. The molecule has 0 aromatic heterocycles. The number of carboxylic acid groups (broad SMARTS) is 1. The number of nitrogens with one attached hydrogen (secondary N) is 1. The number of fused-ring (bicyclic) bond motifs is 1. The zero-order valence-electron chi connectivity index (χ0n) is 12.7. The first-order chi connectivity index (χ1) is 10.6. The number of morpholine rings is 1. The lowest BCUT2D eigenvalue weighted by Gasteiger charge is -2.42. The van der Waals surface area contributed by atoms with Crippen LogP contribution in [0.25, 0.3) is 0 Å². The van der Waals surface area contributed by atoms with Crippen molar-refractivity contribution in [1.82, 2.24) is 10.2 Å². The fourth-order valence-corrected chi connectivity index (χ4v) is 4.46. The van der Waals surface area contributed by atoms with Gasteiger partial charge in [0.15, 0.2) is 0 Å². The van der Waals surface area contributed by atoms with Crippen LogP contribution >= 0.6 is 0 Å². The van der Waals surface area contributed by atoms with Crippen molar-refractivity contribution in [2.24, 2.45) is 23.7 Å². The molecule has 0 spiro atoms. The van der Waals surface area contributed by atoms with Gasteiger partial charge in [-0.2, -0.15) is 0 Å². The summed E-state index contributed by atoms with van der Waals surface area (Å²) in [5, 5.41) is 12.3. The molecule has 5 atom stereocenters. The van der Waals surface area contributed by atoms with Crippen molar-refractivity contribution < 1.29 is 19.4 Å². The average Bonchev–Trinajstić information content (AvgIpc) is 3.28. The van der Waals surface area contributed by atoms with Crippen LogP contribution in [-0.4, -0.2) is 53.8 Å². The minimum absolute atomic E-state index is 0.0103. The molecule has 0 radical (unpaired) electrons. The van der Waals surface area contributed by atoms with E-state index in [1.54, 1.807) is 0 Å². The number of urea groups is 1. The summed E-state index contributed by atoms with van der Waals surface area (Å²) < 4.78 is 5.75. The number of ether oxygens (including phenoxy) is 1. The van der Waals surface area contributed by atoms with E-state index in [1.165, 1.54) is 12.8 Å². The van der Waals surface area contributed by atoms with Gasteiger partial charge < -0.3 is 20.1 Å². The molecule has 4 rings (SSSR count). The van der Waals surface area contributed by atoms with E-state index < -0.39 is 5.97 Å². The molecule has 1 saturated heterocycles. The summed E-state index contributed by atoms with van der Waals surface area (Å²) in [4.78, 5) is 25.4. The zero-order valence-corrected chi connectivity index (χ0v) is 12.7. The van der Waals surface area contributed by atoms with Crippen molar-refractivity contribution in [3.05, 3.63) is 0 Å². The summed E-state index contributed by atoms with van der Waals surface area (Å²) in [5.41, 5.74) is 0. The van der Waals surface area contributed by atoms with E-state index in [4.69, 9.17) is 9.84 Å². The van der Waals surface area contributed by atoms with Crippen LogP contribution in [0.2, 0.25) is 0 Å². The Morgan fingerprint density at radius 3 is 2.68 bits per heavy atom. The van der Waals surface area contributed by atoms with Crippen LogP contribution in [0.1, 0.15) is 32.1 Å². The summed E-state index contributed by atoms with van der Waals surface area (Å²) >= 11 is 0. The Labute approximate surface area is 130 Å². The Balaban J connectivity index is 1.29. The number of hydrogen-bond acceptors (Lipinski definition) is 3. The summed E-state index contributed by atoms with van der Waals surface area (Å²) in [6, 6.07) is 0.181. The first-order valence-electron chi connectivity index (χ1n) is 8.51. The maximum atomic E-state index is 12.4. The Kier molecular flexibility index (Phi) is 3.51. The predicted octanol–water partition coefficient (Wildman–Crippen LogP) is 1.31. The third kappa shape index (κ3) is 2.57. The highest BCUT2D eigenvalue weighted by Gasteiger charge is 2.50. The smallest absolute Gasteiger partial charge is 0.317 e. The molecule has 5 unspecified atom stereocenters. The fraction of sp³-hybridized carbons (Fsp3) is 0.875. The highest BCUT2D eigenvalue weighted by molar-refractivity contribution is 5.75. The van der Waals surface area contributed by atoms with E-state index in [-0.39, 0.29) is 24.1 Å². The van der Waals surface area contributed by atoms with Gasteiger partial charge in [-0.3, -0.25) is 4.79 Å². The van der Waals surface area contributed by atoms with Crippen molar-refractivity contribution in [3.8, 4) is 0 Å². The summed E-state index contributed by atoms with van der Waals surface area (Å²) in [6.07, 6.45) is 5.12. The van der Waals surface area contributed by atoms with E-state index in [9.17, 15) is 9.59 Å². The Morgan fingerprint density at radius 1 is 1.14 bits per heavy atom. The van der Waals surface area contributed by atoms with Crippen LogP contribution in [0.5, 0.6) is 0 Å². The molecule has 0 aromatic rings. The number of aliphatic carboxylic acids is 1. The van der Waals surface area contributed by atoms with Crippen LogP contribution in [-0.2, 0) is 9.53 Å². The second-order valence-electron chi connectivity index (χ2n) is 7.41. The summed E-state index contributed by atoms with van der Waals surface area (Å²) in [7, 11) is 0. The van der Waals surface area contributed by atoms with Gasteiger partial charge in [0.1, 0.15) is 0 Å². The van der Waals surface area contributed by atoms with Gasteiger partial charge in [0.25, 0.3) is 0 Å². The zero-order chi connectivity index (χ0) is 15.3. The maximum Gasteiger partial charge on any atom is 0.317 e. The molecule has 0 aromatic carbocycles. The molecular formula is C16H24N2O4. The normalized spacial score (nSPS) is 40.7. The van der Waals surface area contributed by atoms with Gasteiger partial charge in [-0.1, -0.05) is 0 Å².